The minimum Gasteiger partial charge on any atom is -0.359 e. The number of hydrogen-bond donors (Lipinski definition) is 1. The van der Waals surface area contributed by atoms with Crippen LogP contribution in [0.25, 0.3) is 10.9 Å². The zero-order valence-electron chi connectivity index (χ0n) is 15.3. The number of carbonyl (C=O) groups is 2. The van der Waals surface area contributed by atoms with E-state index in [1.54, 1.807) is 19.3 Å². The van der Waals surface area contributed by atoms with Crippen LogP contribution >= 0.6 is 0 Å². The van der Waals surface area contributed by atoms with Gasteiger partial charge in [-0.1, -0.05) is 18.2 Å². The first kappa shape index (κ1) is 17.3. The van der Waals surface area contributed by atoms with Crippen LogP contribution in [0.15, 0.2) is 54.9 Å². The van der Waals surface area contributed by atoms with Crippen LogP contribution < -0.4 is 5.32 Å². The number of nitrogens with one attached hydrogen (secondary N) is 1. The second-order valence-corrected chi connectivity index (χ2v) is 6.96. The molecule has 0 fully saturated rings. The van der Waals surface area contributed by atoms with Gasteiger partial charge in [0.15, 0.2) is 0 Å². The summed E-state index contributed by atoms with van der Waals surface area (Å²) in [7, 11) is 1.64. The van der Waals surface area contributed by atoms with E-state index in [1.165, 1.54) is 0 Å². The maximum atomic E-state index is 13.4. The van der Waals surface area contributed by atoms with Crippen molar-refractivity contribution in [3.8, 4) is 0 Å². The van der Waals surface area contributed by atoms with Crippen molar-refractivity contribution in [2.24, 2.45) is 5.92 Å². The van der Waals surface area contributed by atoms with E-state index >= 15 is 0 Å². The Kier molecular flexibility index (Phi) is 4.62. The standard InChI is InChI=1S/C21H22N4O2/c1-22-20(26)11-15-12-24-10-4-5-16(24)14-25(13-15)21(27)18-8-9-23-19-7-3-2-6-17(18)19/h2-10,15H,11-14H2,1H3,(H,22,26)/t15-/m1/s1. The molecule has 0 radical (unpaired) electrons. The third kappa shape index (κ3) is 3.43. The Bertz CT molecular complexity index is 989. The summed E-state index contributed by atoms with van der Waals surface area (Å²) >= 11 is 0. The average Bonchev–Trinajstić information content (AvgIpc) is 3.05. The highest BCUT2D eigenvalue weighted by molar-refractivity contribution is 6.05. The van der Waals surface area contributed by atoms with Crippen molar-refractivity contribution in [3.63, 3.8) is 0 Å². The van der Waals surface area contributed by atoms with Gasteiger partial charge in [0, 0.05) is 55.9 Å². The molecule has 0 unspecified atom stereocenters. The van der Waals surface area contributed by atoms with Crippen molar-refractivity contribution < 1.29 is 9.59 Å². The summed E-state index contributed by atoms with van der Waals surface area (Å²) in [4.78, 5) is 31.5. The zero-order chi connectivity index (χ0) is 18.8. The molecule has 0 saturated carbocycles. The van der Waals surface area contributed by atoms with E-state index < -0.39 is 0 Å². The van der Waals surface area contributed by atoms with Crippen LogP contribution in [0.5, 0.6) is 0 Å². The van der Waals surface area contributed by atoms with Crippen molar-refractivity contribution >= 4 is 22.7 Å². The first-order valence-electron chi connectivity index (χ1n) is 9.13. The van der Waals surface area contributed by atoms with Gasteiger partial charge in [-0.15, -0.1) is 0 Å². The van der Waals surface area contributed by atoms with Crippen LogP contribution in [0, 0.1) is 5.92 Å². The average molecular weight is 362 g/mol. The van der Waals surface area contributed by atoms with Gasteiger partial charge in [0.2, 0.25) is 5.91 Å². The molecule has 1 atom stereocenters. The minimum absolute atomic E-state index is 0.00244. The van der Waals surface area contributed by atoms with Gasteiger partial charge < -0.3 is 14.8 Å². The molecule has 27 heavy (non-hydrogen) atoms. The summed E-state index contributed by atoms with van der Waals surface area (Å²) in [6.07, 6.45) is 4.09. The number of fused-ring (bicyclic) bond motifs is 2. The topological polar surface area (TPSA) is 67.2 Å². The monoisotopic (exact) mass is 362 g/mol. The Balaban J connectivity index is 1.68. The zero-order valence-corrected chi connectivity index (χ0v) is 15.3. The van der Waals surface area contributed by atoms with Crippen molar-refractivity contribution in [2.45, 2.75) is 19.5 Å². The summed E-state index contributed by atoms with van der Waals surface area (Å²) in [5.74, 6) is 0.0400. The molecule has 0 bridgehead atoms. The van der Waals surface area contributed by atoms with E-state index in [1.807, 2.05) is 47.5 Å². The smallest absolute Gasteiger partial charge is 0.254 e. The molecule has 138 valence electrons. The second kappa shape index (κ2) is 7.23. The molecule has 1 aliphatic heterocycles. The highest BCUT2D eigenvalue weighted by atomic mass is 16.2. The Labute approximate surface area is 157 Å². The van der Waals surface area contributed by atoms with Gasteiger partial charge in [-0.2, -0.15) is 0 Å². The predicted octanol–water partition coefficient (Wildman–Crippen LogP) is 2.44. The summed E-state index contributed by atoms with van der Waals surface area (Å²) in [5.41, 5.74) is 2.55. The summed E-state index contributed by atoms with van der Waals surface area (Å²) in [5, 5.41) is 3.54. The molecule has 0 aliphatic carbocycles. The molecular formula is C21H22N4O2. The Hall–Kier alpha value is -3.15. The molecule has 6 nitrogen and oxygen atoms in total. The number of nitrogens with zero attached hydrogens (tertiary/aromatic N) is 3. The number of rotatable bonds is 3. The summed E-state index contributed by atoms with van der Waals surface area (Å²) in [6, 6.07) is 13.5. The molecule has 2 aromatic heterocycles. The molecule has 2 amide bonds. The van der Waals surface area contributed by atoms with Crippen LogP contribution in [-0.4, -0.2) is 39.9 Å². The van der Waals surface area contributed by atoms with Gasteiger partial charge in [-0.3, -0.25) is 14.6 Å². The fourth-order valence-corrected chi connectivity index (χ4v) is 3.78. The van der Waals surface area contributed by atoms with E-state index in [2.05, 4.69) is 14.9 Å². The van der Waals surface area contributed by atoms with E-state index in [-0.39, 0.29) is 17.7 Å². The molecule has 1 aromatic carbocycles. The van der Waals surface area contributed by atoms with Crippen LogP contribution in [0.2, 0.25) is 0 Å². The van der Waals surface area contributed by atoms with Gasteiger partial charge in [0.05, 0.1) is 17.6 Å². The van der Waals surface area contributed by atoms with Crippen molar-refractivity contribution in [2.75, 3.05) is 13.6 Å². The van der Waals surface area contributed by atoms with Crippen LogP contribution in [0.1, 0.15) is 22.5 Å². The second-order valence-electron chi connectivity index (χ2n) is 6.96. The van der Waals surface area contributed by atoms with Gasteiger partial charge in [0.25, 0.3) is 5.91 Å². The van der Waals surface area contributed by atoms with Gasteiger partial charge in [-0.25, -0.2) is 0 Å². The molecular weight excluding hydrogens is 340 g/mol. The number of amides is 2. The highest BCUT2D eigenvalue weighted by Gasteiger charge is 2.27. The highest BCUT2D eigenvalue weighted by Crippen LogP contribution is 2.24. The third-order valence-corrected chi connectivity index (χ3v) is 5.13. The van der Waals surface area contributed by atoms with Gasteiger partial charge in [0.1, 0.15) is 0 Å². The maximum Gasteiger partial charge on any atom is 0.254 e. The SMILES string of the molecule is CNC(=O)C[C@H]1CN(C(=O)c2ccnc3ccccc23)Cc2cccn2C1. The van der Waals surface area contributed by atoms with Gasteiger partial charge in [-0.05, 0) is 24.3 Å². The molecule has 6 heteroatoms. The van der Waals surface area contributed by atoms with Gasteiger partial charge >= 0.3 is 0 Å². The van der Waals surface area contributed by atoms with Crippen molar-refractivity contribution in [1.82, 2.24) is 19.8 Å². The summed E-state index contributed by atoms with van der Waals surface area (Å²) < 4.78 is 2.14. The summed E-state index contributed by atoms with van der Waals surface area (Å²) in [6.45, 7) is 1.81. The fourth-order valence-electron chi connectivity index (χ4n) is 3.78. The molecule has 3 heterocycles. The number of carbonyl (C=O) groups excluding carboxylic acids is 2. The molecule has 4 rings (SSSR count). The maximum absolute atomic E-state index is 13.4. The molecule has 1 N–H and O–H groups in total. The first-order valence-corrected chi connectivity index (χ1v) is 9.13. The van der Waals surface area contributed by atoms with E-state index in [9.17, 15) is 9.59 Å². The fraction of sp³-hybridized carbons (Fsp3) is 0.286. The van der Waals surface area contributed by atoms with Crippen molar-refractivity contribution in [3.05, 3.63) is 66.1 Å². The normalized spacial score (nSPS) is 16.6. The van der Waals surface area contributed by atoms with Crippen molar-refractivity contribution in [1.29, 1.82) is 0 Å². The van der Waals surface area contributed by atoms with E-state index in [4.69, 9.17) is 0 Å². The number of para-hydroxylation sites is 1. The lowest BCUT2D eigenvalue weighted by atomic mass is 10.0. The minimum atomic E-state index is -0.0230. The van der Waals surface area contributed by atoms with E-state index in [0.29, 0.717) is 25.1 Å². The third-order valence-electron chi connectivity index (χ3n) is 5.13. The lowest BCUT2D eigenvalue weighted by Gasteiger charge is -2.24. The number of benzene rings is 1. The van der Waals surface area contributed by atoms with Crippen LogP contribution in [-0.2, 0) is 17.9 Å². The number of pyridine rings is 1. The van der Waals surface area contributed by atoms with E-state index in [0.717, 1.165) is 23.1 Å². The largest absolute Gasteiger partial charge is 0.359 e. The first-order chi connectivity index (χ1) is 13.2. The Morgan fingerprint density at radius 3 is 2.85 bits per heavy atom. The Morgan fingerprint density at radius 2 is 2.00 bits per heavy atom. The van der Waals surface area contributed by atoms with Crippen LogP contribution in [0.3, 0.4) is 0 Å². The Morgan fingerprint density at radius 1 is 1.15 bits per heavy atom. The number of hydrogen-bond acceptors (Lipinski definition) is 3. The quantitative estimate of drug-likeness (QED) is 0.778. The van der Waals surface area contributed by atoms with Crippen LogP contribution in [0.4, 0.5) is 0 Å². The number of aromatic nitrogens is 2. The lowest BCUT2D eigenvalue weighted by molar-refractivity contribution is -0.121. The predicted molar refractivity (Wildman–Crippen MR) is 103 cm³/mol. The molecule has 1 aliphatic rings. The molecule has 0 saturated heterocycles. The lowest BCUT2D eigenvalue weighted by Crippen LogP contribution is -2.35. The molecule has 3 aromatic rings. The molecule has 0 spiro atoms.